The summed E-state index contributed by atoms with van der Waals surface area (Å²) in [7, 11) is -4.17. The summed E-state index contributed by atoms with van der Waals surface area (Å²) in [4.78, 5) is 0.274. The van der Waals surface area contributed by atoms with Crippen LogP contribution in [0.2, 0.25) is 0 Å². The lowest BCUT2D eigenvalue weighted by molar-refractivity contribution is 0.00578. The minimum atomic E-state index is -3.58. The average Bonchev–Trinajstić information content (AvgIpc) is 2.75. The number of hydrogen-bond acceptors (Lipinski definition) is 5. The first kappa shape index (κ1) is 22.7. The van der Waals surface area contributed by atoms with E-state index in [4.69, 9.17) is 15.0 Å². The molecule has 2 N–H and O–H groups in total. The van der Waals surface area contributed by atoms with E-state index in [0.29, 0.717) is 13.1 Å². The molecule has 27 heavy (non-hydrogen) atoms. The van der Waals surface area contributed by atoms with Crippen molar-refractivity contribution >= 4 is 35.0 Å². The Morgan fingerprint density at radius 2 is 1.74 bits per heavy atom. The number of rotatable bonds is 3. The predicted molar refractivity (Wildman–Crippen MR) is 110 cm³/mol. The number of aryl methyl sites for hydroxylation is 1. The van der Waals surface area contributed by atoms with Crippen molar-refractivity contribution < 1.29 is 17.7 Å². The Morgan fingerprint density at radius 1 is 1.15 bits per heavy atom. The minimum Gasteiger partial charge on any atom is -0.399 e. The van der Waals surface area contributed by atoms with Gasteiger partial charge in [-0.1, -0.05) is 11.6 Å². The van der Waals surface area contributed by atoms with Gasteiger partial charge in [0.2, 0.25) is 10.0 Å². The number of piperidine rings is 1. The highest BCUT2D eigenvalue weighted by Crippen LogP contribution is 2.36. The van der Waals surface area contributed by atoms with Gasteiger partial charge in [-0.05, 0) is 65.1 Å². The van der Waals surface area contributed by atoms with Gasteiger partial charge in [-0.2, -0.15) is 4.31 Å². The molecular weight excluding hydrogens is 387 g/mol. The van der Waals surface area contributed by atoms with Crippen LogP contribution in [0.15, 0.2) is 23.1 Å². The lowest BCUT2D eigenvalue weighted by Crippen LogP contribution is -2.46. The molecule has 0 aromatic heterocycles. The zero-order valence-corrected chi connectivity index (χ0v) is 18.3. The molecule has 3 rings (SSSR count). The second kappa shape index (κ2) is 7.65. The van der Waals surface area contributed by atoms with Gasteiger partial charge in [0, 0.05) is 19.1 Å². The van der Waals surface area contributed by atoms with Crippen molar-refractivity contribution in [2.24, 2.45) is 5.73 Å². The van der Waals surface area contributed by atoms with Crippen LogP contribution in [0.5, 0.6) is 0 Å². The topological polar surface area (TPSA) is 81.9 Å². The molecule has 0 aliphatic carbocycles. The Labute approximate surface area is 169 Å². The standard InChI is InChI=1S/C18H29BN2O4S.ClH/c1-13-9-14(19-24-17(2,3)18(4,5)25-19)11-16(10-13)26(22,23)21-8-6-7-15(20)12-21;/h9-11,15H,6-8,12,20H2,1-5H3;1H/t15-;/m0./s1. The molecule has 0 saturated carbocycles. The van der Waals surface area contributed by atoms with Crippen molar-refractivity contribution in [2.45, 2.75) is 69.6 Å². The highest BCUT2D eigenvalue weighted by Gasteiger charge is 2.52. The molecule has 0 radical (unpaired) electrons. The van der Waals surface area contributed by atoms with Crippen molar-refractivity contribution in [3.05, 3.63) is 23.8 Å². The highest BCUT2D eigenvalue weighted by molar-refractivity contribution is 7.89. The average molecular weight is 417 g/mol. The summed E-state index contributed by atoms with van der Waals surface area (Å²) in [5, 5.41) is 0. The van der Waals surface area contributed by atoms with Gasteiger partial charge in [0.25, 0.3) is 0 Å². The minimum absolute atomic E-state index is 0. The van der Waals surface area contributed by atoms with Gasteiger partial charge >= 0.3 is 7.12 Å². The number of benzene rings is 1. The number of halogens is 1. The van der Waals surface area contributed by atoms with Crippen LogP contribution in [0, 0.1) is 6.92 Å². The summed E-state index contributed by atoms with van der Waals surface area (Å²) >= 11 is 0. The molecular formula is C18H30BClN2O4S. The van der Waals surface area contributed by atoms with Gasteiger partial charge in [-0.15, -0.1) is 12.4 Å². The third-order valence-corrected chi connectivity index (χ3v) is 7.50. The van der Waals surface area contributed by atoms with Gasteiger partial charge in [-0.3, -0.25) is 0 Å². The Balaban J connectivity index is 0.00000261. The molecule has 1 aromatic rings. The van der Waals surface area contributed by atoms with Crippen molar-refractivity contribution in [2.75, 3.05) is 13.1 Å². The van der Waals surface area contributed by atoms with Crippen LogP contribution in [0.25, 0.3) is 0 Å². The summed E-state index contributed by atoms with van der Waals surface area (Å²) in [5.74, 6) is 0. The molecule has 1 aromatic carbocycles. The number of nitrogens with two attached hydrogens (primary N) is 1. The summed E-state index contributed by atoms with van der Waals surface area (Å²) in [6.07, 6.45) is 1.65. The van der Waals surface area contributed by atoms with Gasteiger partial charge in [-0.25, -0.2) is 8.42 Å². The Morgan fingerprint density at radius 3 is 2.30 bits per heavy atom. The monoisotopic (exact) mass is 416 g/mol. The third kappa shape index (κ3) is 4.36. The SMILES string of the molecule is Cc1cc(B2OC(C)(C)C(C)(C)O2)cc(S(=O)(=O)N2CCC[C@H](N)C2)c1.Cl. The smallest absolute Gasteiger partial charge is 0.399 e. The quantitative estimate of drug-likeness (QED) is 0.760. The van der Waals surface area contributed by atoms with Crippen molar-refractivity contribution in [3.8, 4) is 0 Å². The van der Waals surface area contributed by atoms with Crippen LogP contribution in [0.3, 0.4) is 0 Å². The maximum Gasteiger partial charge on any atom is 0.494 e. The lowest BCUT2D eigenvalue weighted by Gasteiger charge is -2.32. The Kier molecular flexibility index (Phi) is 6.42. The van der Waals surface area contributed by atoms with Gasteiger partial charge in [0.1, 0.15) is 0 Å². The third-order valence-electron chi connectivity index (χ3n) is 5.66. The van der Waals surface area contributed by atoms with E-state index in [-0.39, 0.29) is 23.3 Å². The molecule has 152 valence electrons. The Bertz CT molecular complexity index is 785. The molecule has 2 aliphatic rings. The molecule has 2 aliphatic heterocycles. The molecule has 2 heterocycles. The van der Waals surface area contributed by atoms with Gasteiger partial charge in [0.15, 0.2) is 0 Å². The zero-order chi connectivity index (χ0) is 19.3. The van der Waals surface area contributed by atoms with Crippen molar-refractivity contribution in [1.82, 2.24) is 4.31 Å². The number of nitrogens with zero attached hydrogens (tertiary/aromatic N) is 1. The fourth-order valence-corrected chi connectivity index (χ4v) is 5.06. The summed E-state index contributed by atoms with van der Waals surface area (Å²) in [6, 6.07) is 5.18. The molecule has 2 saturated heterocycles. The molecule has 0 spiro atoms. The summed E-state index contributed by atoms with van der Waals surface area (Å²) < 4.78 is 39.9. The number of sulfonamides is 1. The first-order chi connectivity index (χ1) is 11.9. The molecule has 6 nitrogen and oxygen atoms in total. The van der Waals surface area contributed by atoms with Crippen molar-refractivity contribution in [3.63, 3.8) is 0 Å². The lowest BCUT2D eigenvalue weighted by atomic mass is 9.78. The second-order valence-electron chi connectivity index (χ2n) is 8.43. The fraction of sp³-hybridized carbons (Fsp3) is 0.667. The van der Waals surface area contributed by atoms with E-state index in [0.717, 1.165) is 23.9 Å². The van der Waals surface area contributed by atoms with Gasteiger partial charge < -0.3 is 15.0 Å². The Hall–Kier alpha value is -0.635. The van der Waals surface area contributed by atoms with Crippen LogP contribution >= 0.6 is 12.4 Å². The van der Waals surface area contributed by atoms with E-state index in [1.165, 1.54) is 4.31 Å². The van der Waals surface area contributed by atoms with Crippen LogP contribution in [-0.2, 0) is 19.3 Å². The molecule has 9 heteroatoms. The fourth-order valence-electron chi connectivity index (χ4n) is 3.38. The largest absolute Gasteiger partial charge is 0.494 e. The number of hydrogen-bond donors (Lipinski definition) is 1. The molecule has 2 fully saturated rings. The molecule has 0 unspecified atom stereocenters. The van der Waals surface area contributed by atoms with E-state index in [1.807, 2.05) is 40.7 Å². The van der Waals surface area contributed by atoms with E-state index >= 15 is 0 Å². The zero-order valence-electron chi connectivity index (χ0n) is 16.7. The normalized spacial score (nSPS) is 25.3. The summed E-state index contributed by atoms with van der Waals surface area (Å²) in [5.41, 5.74) is 6.61. The first-order valence-electron chi connectivity index (χ1n) is 9.15. The van der Waals surface area contributed by atoms with Crippen LogP contribution in [0.4, 0.5) is 0 Å². The maximum atomic E-state index is 13.1. The van der Waals surface area contributed by atoms with Gasteiger partial charge in [0.05, 0.1) is 16.1 Å². The molecule has 1 atom stereocenters. The van der Waals surface area contributed by atoms with Crippen LogP contribution < -0.4 is 11.2 Å². The second-order valence-corrected chi connectivity index (χ2v) is 10.4. The van der Waals surface area contributed by atoms with Crippen molar-refractivity contribution in [1.29, 1.82) is 0 Å². The van der Waals surface area contributed by atoms with E-state index in [9.17, 15) is 8.42 Å². The van der Waals surface area contributed by atoms with Crippen LogP contribution in [-0.4, -0.2) is 50.2 Å². The summed E-state index contributed by atoms with van der Waals surface area (Å²) in [6.45, 7) is 10.7. The predicted octanol–water partition coefficient (Wildman–Crippen LogP) is 1.83. The van der Waals surface area contributed by atoms with E-state index in [2.05, 4.69) is 0 Å². The molecule has 0 amide bonds. The van der Waals surface area contributed by atoms with E-state index < -0.39 is 28.3 Å². The van der Waals surface area contributed by atoms with Crippen LogP contribution in [0.1, 0.15) is 46.1 Å². The first-order valence-corrected chi connectivity index (χ1v) is 10.6. The molecule has 0 bridgehead atoms. The maximum absolute atomic E-state index is 13.1. The van der Waals surface area contributed by atoms with E-state index in [1.54, 1.807) is 12.1 Å². The highest BCUT2D eigenvalue weighted by atomic mass is 35.5.